The molecular formula is C15H22Cl2N2O. The van der Waals surface area contributed by atoms with Crippen molar-refractivity contribution in [2.45, 2.75) is 44.2 Å². The van der Waals surface area contributed by atoms with Gasteiger partial charge in [0.1, 0.15) is 0 Å². The molecule has 0 heterocycles. The summed E-state index contributed by atoms with van der Waals surface area (Å²) in [6, 6.07) is 5.30. The lowest BCUT2D eigenvalue weighted by molar-refractivity contribution is 0.00752. The lowest BCUT2D eigenvalue weighted by atomic mass is 9.81. The maximum Gasteiger partial charge on any atom is 0.0807 e. The number of methoxy groups -OCH3 is 1. The van der Waals surface area contributed by atoms with Crippen molar-refractivity contribution in [1.82, 2.24) is 5.43 Å². The Morgan fingerprint density at radius 1 is 1.25 bits per heavy atom. The Labute approximate surface area is 130 Å². The van der Waals surface area contributed by atoms with Gasteiger partial charge in [-0.3, -0.25) is 11.3 Å². The third-order valence-electron chi connectivity index (χ3n) is 4.19. The van der Waals surface area contributed by atoms with Gasteiger partial charge < -0.3 is 4.74 Å². The quantitative estimate of drug-likeness (QED) is 0.635. The van der Waals surface area contributed by atoms with Crippen molar-refractivity contribution in [2.24, 2.45) is 11.8 Å². The summed E-state index contributed by atoms with van der Waals surface area (Å²) in [6.45, 7) is 0. The van der Waals surface area contributed by atoms with Crippen molar-refractivity contribution in [3.63, 3.8) is 0 Å². The van der Waals surface area contributed by atoms with Gasteiger partial charge in [0.2, 0.25) is 0 Å². The molecule has 20 heavy (non-hydrogen) atoms. The summed E-state index contributed by atoms with van der Waals surface area (Å²) in [6.07, 6.45) is 6.18. The van der Waals surface area contributed by atoms with Crippen molar-refractivity contribution in [3.05, 3.63) is 33.8 Å². The predicted octanol–water partition coefficient (Wildman–Crippen LogP) is 4.09. The summed E-state index contributed by atoms with van der Waals surface area (Å²) in [5.41, 5.74) is 3.77. The Bertz CT molecular complexity index is 436. The number of hydrogen-bond acceptors (Lipinski definition) is 3. The van der Waals surface area contributed by atoms with Crippen LogP contribution in [-0.4, -0.2) is 13.2 Å². The molecule has 0 radical (unpaired) electrons. The van der Waals surface area contributed by atoms with Gasteiger partial charge in [-0.2, -0.15) is 0 Å². The normalized spacial score (nSPS) is 19.8. The number of hydrogen-bond donors (Lipinski definition) is 2. The topological polar surface area (TPSA) is 47.3 Å². The summed E-state index contributed by atoms with van der Waals surface area (Å²) in [7, 11) is 1.74. The van der Waals surface area contributed by atoms with E-state index in [2.05, 4.69) is 5.43 Å². The SMILES string of the molecule is COC(C1CCCCC1)C(NN)c1cc(Cl)ccc1Cl. The van der Waals surface area contributed by atoms with Crippen molar-refractivity contribution >= 4 is 23.2 Å². The highest BCUT2D eigenvalue weighted by Crippen LogP contribution is 2.36. The lowest BCUT2D eigenvalue weighted by Gasteiger charge is -2.35. The fraction of sp³-hybridized carbons (Fsp3) is 0.600. The van der Waals surface area contributed by atoms with E-state index in [4.69, 9.17) is 33.8 Å². The Balaban J connectivity index is 2.26. The second-order valence-electron chi connectivity index (χ2n) is 5.41. The fourth-order valence-corrected chi connectivity index (χ4v) is 3.59. The van der Waals surface area contributed by atoms with Crippen LogP contribution in [0, 0.1) is 5.92 Å². The highest BCUT2D eigenvalue weighted by atomic mass is 35.5. The van der Waals surface area contributed by atoms with Crippen molar-refractivity contribution in [2.75, 3.05) is 7.11 Å². The maximum atomic E-state index is 6.30. The highest BCUT2D eigenvalue weighted by Gasteiger charge is 2.32. The van der Waals surface area contributed by atoms with Crippen molar-refractivity contribution < 1.29 is 4.74 Å². The van der Waals surface area contributed by atoms with E-state index in [-0.39, 0.29) is 12.1 Å². The Kier molecular flexibility index (Phi) is 6.12. The van der Waals surface area contributed by atoms with Crippen molar-refractivity contribution in [1.29, 1.82) is 0 Å². The molecule has 1 aliphatic rings. The van der Waals surface area contributed by atoms with E-state index >= 15 is 0 Å². The molecule has 0 amide bonds. The number of rotatable bonds is 5. The molecule has 2 atom stereocenters. The fourth-order valence-electron chi connectivity index (χ4n) is 3.18. The minimum Gasteiger partial charge on any atom is -0.379 e. The predicted molar refractivity (Wildman–Crippen MR) is 83.9 cm³/mol. The molecule has 0 aromatic heterocycles. The van der Waals surface area contributed by atoms with Crippen LogP contribution in [0.2, 0.25) is 10.0 Å². The molecule has 2 rings (SSSR count). The molecule has 2 unspecified atom stereocenters. The molecule has 0 saturated heterocycles. The first kappa shape index (κ1) is 16.1. The van der Waals surface area contributed by atoms with Gasteiger partial charge in [-0.05, 0) is 42.5 Å². The zero-order chi connectivity index (χ0) is 14.5. The zero-order valence-corrected chi connectivity index (χ0v) is 13.3. The third-order valence-corrected chi connectivity index (χ3v) is 4.77. The zero-order valence-electron chi connectivity index (χ0n) is 11.7. The van der Waals surface area contributed by atoms with Crippen LogP contribution >= 0.6 is 23.2 Å². The molecule has 112 valence electrons. The second kappa shape index (κ2) is 7.62. The van der Waals surface area contributed by atoms with E-state index in [0.29, 0.717) is 16.0 Å². The minimum atomic E-state index is -0.144. The molecule has 1 saturated carbocycles. The first-order chi connectivity index (χ1) is 9.67. The van der Waals surface area contributed by atoms with Gasteiger partial charge in [0.25, 0.3) is 0 Å². The molecule has 3 N–H and O–H groups in total. The first-order valence-corrected chi connectivity index (χ1v) is 7.87. The van der Waals surface area contributed by atoms with E-state index in [1.54, 1.807) is 19.2 Å². The van der Waals surface area contributed by atoms with E-state index < -0.39 is 0 Å². The number of hydrazine groups is 1. The molecule has 0 bridgehead atoms. The third kappa shape index (κ3) is 3.66. The molecule has 1 aromatic rings. The van der Waals surface area contributed by atoms with Gasteiger partial charge in [0.05, 0.1) is 12.1 Å². The van der Waals surface area contributed by atoms with Crippen molar-refractivity contribution in [3.8, 4) is 0 Å². The number of ether oxygens (including phenoxy) is 1. The molecule has 0 aliphatic heterocycles. The Hall–Kier alpha value is -0.320. The lowest BCUT2D eigenvalue weighted by Crippen LogP contribution is -2.42. The number of halogens is 2. The molecule has 0 spiro atoms. The highest BCUT2D eigenvalue weighted by molar-refractivity contribution is 6.33. The van der Waals surface area contributed by atoms with Crippen LogP contribution in [0.25, 0.3) is 0 Å². The number of benzene rings is 1. The molecule has 5 heteroatoms. The van der Waals surface area contributed by atoms with E-state index in [0.717, 1.165) is 5.56 Å². The van der Waals surface area contributed by atoms with Crippen LogP contribution in [0.4, 0.5) is 0 Å². The van der Waals surface area contributed by atoms with Crippen LogP contribution in [0.5, 0.6) is 0 Å². The molecule has 1 aromatic carbocycles. The Morgan fingerprint density at radius 3 is 2.55 bits per heavy atom. The number of nitrogens with two attached hydrogens (primary N) is 1. The molecular weight excluding hydrogens is 295 g/mol. The molecule has 1 fully saturated rings. The average Bonchev–Trinajstić information content (AvgIpc) is 2.48. The standard InChI is InChI=1S/C15H22Cl2N2O/c1-20-15(10-5-3-2-4-6-10)14(19-18)12-9-11(16)7-8-13(12)17/h7-10,14-15,19H,2-6,18H2,1H3. The van der Waals surface area contributed by atoms with Crippen LogP contribution in [-0.2, 0) is 4.74 Å². The van der Waals surface area contributed by atoms with Crippen LogP contribution in [0.3, 0.4) is 0 Å². The van der Waals surface area contributed by atoms with E-state index in [1.165, 1.54) is 32.1 Å². The maximum absolute atomic E-state index is 6.30. The monoisotopic (exact) mass is 316 g/mol. The summed E-state index contributed by atoms with van der Waals surface area (Å²) >= 11 is 12.4. The summed E-state index contributed by atoms with van der Waals surface area (Å²) in [4.78, 5) is 0. The smallest absolute Gasteiger partial charge is 0.0807 e. The van der Waals surface area contributed by atoms with Crippen LogP contribution < -0.4 is 11.3 Å². The van der Waals surface area contributed by atoms with E-state index in [9.17, 15) is 0 Å². The molecule has 3 nitrogen and oxygen atoms in total. The summed E-state index contributed by atoms with van der Waals surface area (Å²) in [5, 5.41) is 1.32. The Morgan fingerprint density at radius 2 is 1.95 bits per heavy atom. The summed E-state index contributed by atoms with van der Waals surface area (Å²) < 4.78 is 5.75. The van der Waals surface area contributed by atoms with Gasteiger partial charge in [0, 0.05) is 17.2 Å². The largest absolute Gasteiger partial charge is 0.379 e. The van der Waals surface area contributed by atoms with Crippen LogP contribution in [0.1, 0.15) is 43.7 Å². The minimum absolute atomic E-state index is 0.0104. The van der Waals surface area contributed by atoms with Crippen LogP contribution in [0.15, 0.2) is 18.2 Å². The average molecular weight is 317 g/mol. The molecule has 1 aliphatic carbocycles. The first-order valence-electron chi connectivity index (χ1n) is 7.11. The van der Waals surface area contributed by atoms with E-state index in [1.807, 2.05) is 6.07 Å². The van der Waals surface area contributed by atoms with Gasteiger partial charge >= 0.3 is 0 Å². The second-order valence-corrected chi connectivity index (χ2v) is 6.25. The van der Waals surface area contributed by atoms with Gasteiger partial charge in [-0.25, -0.2) is 0 Å². The van der Waals surface area contributed by atoms with Gasteiger partial charge in [0.15, 0.2) is 0 Å². The number of nitrogens with one attached hydrogen (secondary N) is 1. The van der Waals surface area contributed by atoms with Gasteiger partial charge in [-0.15, -0.1) is 0 Å². The summed E-state index contributed by atoms with van der Waals surface area (Å²) in [5.74, 6) is 6.28. The van der Waals surface area contributed by atoms with Gasteiger partial charge in [-0.1, -0.05) is 42.5 Å².